The topological polar surface area (TPSA) is 73.2 Å². The van der Waals surface area contributed by atoms with Gasteiger partial charge in [-0.1, -0.05) is 59.8 Å². The molecule has 0 aliphatic rings. The number of aromatic nitrogens is 2. The van der Waals surface area contributed by atoms with Crippen LogP contribution in [0.1, 0.15) is 12.5 Å². The van der Waals surface area contributed by atoms with Crippen LogP contribution in [-0.4, -0.2) is 27.8 Å². The second-order valence-electron chi connectivity index (χ2n) is 7.20. The van der Waals surface area contributed by atoms with Gasteiger partial charge < -0.3 is 10.1 Å². The Hall–Kier alpha value is -3.29. The normalized spacial score (nSPS) is 10.8. The molecule has 1 aromatic heterocycles. The number of nitrogens with zero attached hydrogens (tertiary/aromatic N) is 2. The minimum atomic E-state index is -0.219. The van der Waals surface area contributed by atoms with Crippen LogP contribution in [0.4, 0.5) is 5.69 Å². The van der Waals surface area contributed by atoms with Crippen LogP contribution in [0.2, 0.25) is 5.02 Å². The van der Waals surface area contributed by atoms with E-state index >= 15 is 0 Å². The molecule has 0 saturated heterocycles. The maximum Gasteiger partial charge on any atom is 0.262 e. The minimum absolute atomic E-state index is 0.0841. The number of hydrogen-bond acceptors (Lipinski definition) is 5. The number of rotatable bonds is 8. The molecule has 3 aromatic carbocycles. The summed E-state index contributed by atoms with van der Waals surface area (Å²) >= 11 is 7.34. The van der Waals surface area contributed by atoms with Gasteiger partial charge in [0.2, 0.25) is 5.91 Å². The Morgan fingerprint density at radius 3 is 2.70 bits per heavy atom. The summed E-state index contributed by atoms with van der Waals surface area (Å²) in [6.45, 7) is 2.69. The van der Waals surface area contributed by atoms with Gasteiger partial charge in [-0.25, -0.2) is 4.98 Å². The van der Waals surface area contributed by atoms with E-state index in [-0.39, 0.29) is 17.2 Å². The molecule has 168 valence electrons. The fraction of sp³-hybridized carbons (Fsp3) is 0.160. The fourth-order valence-electron chi connectivity index (χ4n) is 3.38. The van der Waals surface area contributed by atoms with Crippen molar-refractivity contribution >= 4 is 45.9 Å². The van der Waals surface area contributed by atoms with Crippen LogP contribution in [0.5, 0.6) is 5.75 Å². The maximum absolute atomic E-state index is 13.3. The Balaban J connectivity index is 1.60. The van der Waals surface area contributed by atoms with Crippen LogP contribution in [0, 0.1) is 0 Å². The first kappa shape index (κ1) is 22.9. The van der Waals surface area contributed by atoms with Crippen LogP contribution >= 0.6 is 23.4 Å². The fourth-order valence-corrected chi connectivity index (χ4v) is 4.39. The SMILES string of the molecule is CCOc1ccccc1NC(=O)CSc1nc2ccccc2c(=O)n1Cc1cccc(Cl)c1. The van der Waals surface area contributed by atoms with Gasteiger partial charge in [-0.15, -0.1) is 0 Å². The molecule has 0 aliphatic heterocycles. The van der Waals surface area contributed by atoms with Gasteiger partial charge in [-0.2, -0.15) is 0 Å². The highest BCUT2D eigenvalue weighted by atomic mass is 35.5. The molecule has 0 aliphatic carbocycles. The molecular formula is C25H22ClN3O3S. The molecule has 4 aromatic rings. The van der Waals surface area contributed by atoms with E-state index in [1.807, 2.05) is 49.4 Å². The van der Waals surface area contributed by atoms with E-state index in [1.54, 1.807) is 34.9 Å². The summed E-state index contributed by atoms with van der Waals surface area (Å²) in [7, 11) is 0. The van der Waals surface area contributed by atoms with Crippen molar-refractivity contribution in [2.75, 3.05) is 17.7 Å². The van der Waals surface area contributed by atoms with Gasteiger partial charge in [0.1, 0.15) is 5.75 Å². The van der Waals surface area contributed by atoms with E-state index in [1.165, 1.54) is 11.8 Å². The Bertz CT molecular complexity index is 1360. The molecular weight excluding hydrogens is 458 g/mol. The van der Waals surface area contributed by atoms with Crippen LogP contribution in [0.15, 0.2) is 82.7 Å². The number of ether oxygens (including phenoxy) is 1. The molecule has 0 saturated carbocycles. The number of carbonyl (C=O) groups is 1. The third-order valence-electron chi connectivity index (χ3n) is 4.85. The average molecular weight is 480 g/mol. The predicted octanol–water partition coefficient (Wildman–Crippen LogP) is 5.23. The highest BCUT2D eigenvalue weighted by Gasteiger charge is 2.15. The first-order chi connectivity index (χ1) is 16.0. The lowest BCUT2D eigenvalue weighted by Crippen LogP contribution is -2.25. The minimum Gasteiger partial charge on any atom is -0.492 e. The lowest BCUT2D eigenvalue weighted by molar-refractivity contribution is -0.113. The highest BCUT2D eigenvalue weighted by molar-refractivity contribution is 7.99. The summed E-state index contributed by atoms with van der Waals surface area (Å²) in [4.78, 5) is 30.6. The largest absolute Gasteiger partial charge is 0.492 e. The first-order valence-electron chi connectivity index (χ1n) is 10.4. The van der Waals surface area contributed by atoms with E-state index in [4.69, 9.17) is 16.3 Å². The third kappa shape index (κ3) is 5.56. The molecule has 6 nitrogen and oxygen atoms in total. The van der Waals surface area contributed by atoms with Crippen molar-refractivity contribution in [3.63, 3.8) is 0 Å². The number of para-hydroxylation sites is 3. The van der Waals surface area contributed by atoms with E-state index in [0.29, 0.717) is 45.7 Å². The summed E-state index contributed by atoms with van der Waals surface area (Å²) < 4.78 is 7.15. The Labute approximate surface area is 200 Å². The molecule has 33 heavy (non-hydrogen) atoms. The Morgan fingerprint density at radius 1 is 1.09 bits per heavy atom. The number of halogens is 1. The lowest BCUT2D eigenvalue weighted by atomic mass is 10.2. The summed E-state index contributed by atoms with van der Waals surface area (Å²) in [5, 5.41) is 4.46. The molecule has 0 bridgehead atoms. The third-order valence-corrected chi connectivity index (χ3v) is 6.06. The number of carbonyl (C=O) groups excluding carboxylic acids is 1. The van der Waals surface area contributed by atoms with Crippen LogP contribution in [-0.2, 0) is 11.3 Å². The zero-order valence-corrected chi connectivity index (χ0v) is 19.5. The average Bonchev–Trinajstić information content (AvgIpc) is 2.81. The summed E-state index contributed by atoms with van der Waals surface area (Å²) in [6.07, 6.45) is 0. The van der Waals surface area contributed by atoms with Crippen LogP contribution in [0.25, 0.3) is 10.9 Å². The summed E-state index contributed by atoms with van der Waals surface area (Å²) in [5.41, 5.74) is 1.91. The Kier molecular flexibility index (Phi) is 7.32. The molecule has 8 heteroatoms. The number of anilines is 1. The number of thioether (sulfide) groups is 1. The highest BCUT2D eigenvalue weighted by Crippen LogP contribution is 2.25. The smallest absolute Gasteiger partial charge is 0.262 e. The second-order valence-corrected chi connectivity index (χ2v) is 8.58. The lowest BCUT2D eigenvalue weighted by Gasteiger charge is -2.14. The zero-order chi connectivity index (χ0) is 23.2. The zero-order valence-electron chi connectivity index (χ0n) is 18.0. The monoisotopic (exact) mass is 479 g/mol. The van der Waals surface area contributed by atoms with Gasteiger partial charge in [-0.3, -0.25) is 14.2 Å². The van der Waals surface area contributed by atoms with Crippen molar-refractivity contribution in [3.05, 3.63) is 93.7 Å². The molecule has 0 spiro atoms. The molecule has 0 unspecified atom stereocenters. The molecule has 1 heterocycles. The maximum atomic E-state index is 13.3. The predicted molar refractivity (Wildman–Crippen MR) is 134 cm³/mol. The molecule has 0 radical (unpaired) electrons. The van der Waals surface area contributed by atoms with E-state index in [2.05, 4.69) is 10.3 Å². The first-order valence-corrected chi connectivity index (χ1v) is 11.8. The number of fused-ring (bicyclic) bond motifs is 1. The number of benzene rings is 3. The molecule has 1 amide bonds. The van der Waals surface area contributed by atoms with Crippen molar-refractivity contribution in [2.45, 2.75) is 18.6 Å². The van der Waals surface area contributed by atoms with Crippen LogP contribution in [0.3, 0.4) is 0 Å². The number of hydrogen-bond donors (Lipinski definition) is 1. The van der Waals surface area contributed by atoms with Crippen molar-refractivity contribution in [2.24, 2.45) is 0 Å². The van der Waals surface area contributed by atoms with Gasteiger partial charge in [0.15, 0.2) is 5.16 Å². The van der Waals surface area contributed by atoms with Gasteiger partial charge in [0, 0.05) is 5.02 Å². The molecule has 0 atom stereocenters. The number of amides is 1. The summed E-state index contributed by atoms with van der Waals surface area (Å²) in [6, 6.07) is 21.8. The molecule has 4 rings (SSSR count). The standard InChI is InChI=1S/C25H22ClN3O3S/c1-2-32-22-13-6-5-12-21(22)27-23(30)16-33-25-28-20-11-4-3-10-19(20)24(31)29(25)15-17-8-7-9-18(26)14-17/h3-14H,2,15-16H2,1H3,(H,27,30). The van der Waals surface area contributed by atoms with Crippen molar-refractivity contribution in [3.8, 4) is 5.75 Å². The van der Waals surface area contributed by atoms with Crippen molar-refractivity contribution < 1.29 is 9.53 Å². The summed E-state index contributed by atoms with van der Waals surface area (Å²) in [5.74, 6) is 0.477. The molecule has 0 fully saturated rings. The van der Waals surface area contributed by atoms with Gasteiger partial charge in [0.05, 0.1) is 35.5 Å². The molecule has 1 N–H and O–H groups in total. The van der Waals surface area contributed by atoms with E-state index in [9.17, 15) is 9.59 Å². The number of nitrogens with one attached hydrogen (secondary N) is 1. The quantitative estimate of drug-likeness (QED) is 0.277. The van der Waals surface area contributed by atoms with Gasteiger partial charge >= 0.3 is 0 Å². The second kappa shape index (κ2) is 10.6. The van der Waals surface area contributed by atoms with Crippen molar-refractivity contribution in [1.29, 1.82) is 0 Å². The van der Waals surface area contributed by atoms with Gasteiger partial charge in [0.25, 0.3) is 5.56 Å². The van der Waals surface area contributed by atoms with E-state index < -0.39 is 0 Å². The van der Waals surface area contributed by atoms with E-state index in [0.717, 1.165) is 5.56 Å². The Morgan fingerprint density at radius 2 is 1.88 bits per heavy atom. The van der Waals surface area contributed by atoms with Crippen LogP contribution < -0.4 is 15.6 Å². The van der Waals surface area contributed by atoms with Gasteiger partial charge in [-0.05, 0) is 48.9 Å². The van der Waals surface area contributed by atoms with Crippen molar-refractivity contribution in [1.82, 2.24) is 9.55 Å².